The Morgan fingerprint density at radius 3 is 2.76 bits per heavy atom. The molecule has 1 rings (SSSR count). The molecule has 0 spiro atoms. The van der Waals surface area contributed by atoms with Crippen LogP contribution in [-0.2, 0) is 0 Å². The molecule has 0 unspecified atom stereocenters. The fourth-order valence-corrected chi connectivity index (χ4v) is 1.48. The highest BCUT2D eigenvalue weighted by molar-refractivity contribution is 5.97. The zero-order valence-corrected chi connectivity index (χ0v) is 10.9. The number of rotatable bonds is 5. The Hall–Kier alpha value is -1.56. The summed E-state index contributed by atoms with van der Waals surface area (Å²) in [6.07, 6.45) is 1.51. The molecule has 1 aromatic rings. The zero-order chi connectivity index (χ0) is 13.0. The summed E-state index contributed by atoms with van der Waals surface area (Å²) in [5.41, 5.74) is 6.62. The van der Waals surface area contributed by atoms with Gasteiger partial charge in [-0.15, -0.1) is 0 Å². The van der Waals surface area contributed by atoms with E-state index < -0.39 is 0 Å². The lowest BCUT2D eigenvalue weighted by atomic mass is 10.3. The first-order valence-corrected chi connectivity index (χ1v) is 5.69. The molecular formula is C11H21N5O. The number of nitrogens with one attached hydrogen (secondary N) is 1. The van der Waals surface area contributed by atoms with Crippen molar-refractivity contribution < 1.29 is 4.79 Å². The van der Waals surface area contributed by atoms with Crippen LogP contribution in [-0.4, -0.2) is 47.8 Å². The number of anilines is 1. The minimum Gasteiger partial charge on any atom is -0.396 e. The van der Waals surface area contributed by atoms with Crippen LogP contribution in [0.25, 0.3) is 0 Å². The van der Waals surface area contributed by atoms with Crippen molar-refractivity contribution in [2.24, 2.45) is 0 Å². The molecule has 0 aromatic carbocycles. The maximum absolute atomic E-state index is 12.0. The third-order valence-corrected chi connectivity index (χ3v) is 2.37. The molecule has 0 aliphatic heterocycles. The molecular weight excluding hydrogens is 218 g/mol. The average molecular weight is 239 g/mol. The Kier molecular flexibility index (Phi) is 4.51. The summed E-state index contributed by atoms with van der Waals surface area (Å²) in [5, 5.41) is 6.93. The number of hydrogen-bond acceptors (Lipinski definition) is 4. The van der Waals surface area contributed by atoms with Crippen LogP contribution in [0, 0.1) is 0 Å². The van der Waals surface area contributed by atoms with Gasteiger partial charge in [0.05, 0.1) is 11.9 Å². The van der Waals surface area contributed by atoms with Crippen LogP contribution >= 0.6 is 0 Å². The second kappa shape index (κ2) is 5.67. The van der Waals surface area contributed by atoms with Crippen molar-refractivity contribution in [2.75, 3.05) is 32.9 Å². The van der Waals surface area contributed by atoms with Crippen molar-refractivity contribution in [2.45, 2.75) is 19.9 Å². The van der Waals surface area contributed by atoms with E-state index >= 15 is 0 Å². The van der Waals surface area contributed by atoms with Crippen LogP contribution in [0.15, 0.2) is 6.20 Å². The Bertz CT molecular complexity index is 383. The van der Waals surface area contributed by atoms with Gasteiger partial charge in [0, 0.05) is 19.1 Å². The van der Waals surface area contributed by atoms with Gasteiger partial charge in [-0.25, -0.2) is 0 Å². The van der Waals surface area contributed by atoms with E-state index in [9.17, 15) is 4.79 Å². The van der Waals surface area contributed by atoms with Gasteiger partial charge in [-0.1, -0.05) is 0 Å². The summed E-state index contributed by atoms with van der Waals surface area (Å²) in [7, 11) is 3.91. The summed E-state index contributed by atoms with van der Waals surface area (Å²) in [5.74, 6) is -0.171. The molecule has 0 atom stereocenters. The Balaban J connectivity index is 2.71. The molecule has 0 fully saturated rings. The predicted octanol–water partition coefficient (Wildman–Crippen LogP) is 0.338. The van der Waals surface area contributed by atoms with E-state index in [2.05, 4.69) is 10.4 Å². The van der Waals surface area contributed by atoms with Crippen molar-refractivity contribution >= 4 is 11.6 Å². The third-order valence-electron chi connectivity index (χ3n) is 2.37. The van der Waals surface area contributed by atoms with Crippen molar-refractivity contribution in [3.63, 3.8) is 0 Å². The number of amides is 1. The SMILES string of the molecule is CC(C)n1ncc(N)c1C(=O)NCCN(C)C. The second-order valence-corrected chi connectivity index (χ2v) is 4.55. The highest BCUT2D eigenvalue weighted by Gasteiger charge is 2.17. The molecule has 6 heteroatoms. The average Bonchev–Trinajstić information content (AvgIpc) is 2.59. The standard InChI is InChI=1S/C11H21N5O/c1-8(2)16-10(9(12)7-14-16)11(17)13-5-6-15(3)4/h7-8H,5-6,12H2,1-4H3,(H,13,17). The van der Waals surface area contributed by atoms with E-state index in [1.54, 1.807) is 4.68 Å². The predicted molar refractivity (Wildman–Crippen MR) is 67.9 cm³/mol. The minimum atomic E-state index is -0.171. The molecule has 0 saturated carbocycles. The van der Waals surface area contributed by atoms with Crippen LogP contribution in [0.2, 0.25) is 0 Å². The van der Waals surface area contributed by atoms with Gasteiger partial charge in [0.15, 0.2) is 0 Å². The molecule has 17 heavy (non-hydrogen) atoms. The smallest absolute Gasteiger partial charge is 0.271 e. The molecule has 0 bridgehead atoms. The Morgan fingerprint density at radius 2 is 2.24 bits per heavy atom. The zero-order valence-electron chi connectivity index (χ0n) is 10.9. The first-order chi connectivity index (χ1) is 7.93. The number of carbonyl (C=O) groups is 1. The summed E-state index contributed by atoms with van der Waals surface area (Å²) < 4.78 is 1.64. The molecule has 1 heterocycles. The van der Waals surface area contributed by atoms with Crippen LogP contribution in [0.1, 0.15) is 30.4 Å². The summed E-state index contributed by atoms with van der Waals surface area (Å²) in [4.78, 5) is 14.0. The number of carbonyl (C=O) groups excluding carboxylic acids is 1. The number of hydrogen-bond donors (Lipinski definition) is 2. The Morgan fingerprint density at radius 1 is 1.59 bits per heavy atom. The number of nitrogen functional groups attached to an aromatic ring is 1. The number of likely N-dealkylation sites (N-methyl/N-ethyl adjacent to an activating group) is 1. The van der Waals surface area contributed by atoms with Crippen LogP contribution in [0.3, 0.4) is 0 Å². The molecule has 0 aliphatic carbocycles. The normalized spacial score (nSPS) is 11.2. The fraction of sp³-hybridized carbons (Fsp3) is 0.636. The maximum atomic E-state index is 12.0. The van der Waals surface area contributed by atoms with Gasteiger partial charge in [-0.3, -0.25) is 9.48 Å². The van der Waals surface area contributed by atoms with Gasteiger partial charge in [-0.05, 0) is 27.9 Å². The van der Waals surface area contributed by atoms with Gasteiger partial charge >= 0.3 is 0 Å². The number of nitrogens with two attached hydrogens (primary N) is 1. The van der Waals surface area contributed by atoms with Crippen molar-refractivity contribution in [1.29, 1.82) is 0 Å². The molecule has 0 radical (unpaired) electrons. The molecule has 1 aromatic heterocycles. The van der Waals surface area contributed by atoms with Gasteiger partial charge in [-0.2, -0.15) is 5.10 Å². The first-order valence-electron chi connectivity index (χ1n) is 5.69. The Labute approximate surface area is 102 Å². The third kappa shape index (κ3) is 3.45. The molecule has 1 amide bonds. The van der Waals surface area contributed by atoms with E-state index in [0.717, 1.165) is 6.54 Å². The largest absolute Gasteiger partial charge is 0.396 e. The second-order valence-electron chi connectivity index (χ2n) is 4.55. The number of aromatic nitrogens is 2. The monoisotopic (exact) mass is 239 g/mol. The maximum Gasteiger partial charge on any atom is 0.271 e. The van der Waals surface area contributed by atoms with Crippen molar-refractivity contribution in [3.8, 4) is 0 Å². The minimum absolute atomic E-state index is 0.113. The lowest BCUT2D eigenvalue weighted by Gasteiger charge is -2.13. The number of nitrogens with zero attached hydrogens (tertiary/aromatic N) is 3. The van der Waals surface area contributed by atoms with Crippen molar-refractivity contribution in [1.82, 2.24) is 20.0 Å². The van der Waals surface area contributed by atoms with E-state index in [0.29, 0.717) is 17.9 Å². The lowest BCUT2D eigenvalue weighted by molar-refractivity contribution is 0.0939. The topological polar surface area (TPSA) is 76.2 Å². The molecule has 3 N–H and O–H groups in total. The summed E-state index contributed by atoms with van der Waals surface area (Å²) in [6, 6.07) is 0.113. The van der Waals surface area contributed by atoms with E-state index in [4.69, 9.17) is 5.73 Å². The van der Waals surface area contributed by atoms with Gasteiger partial charge in [0.1, 0.15) is 5.69 Å². The van der Waals surface area contributed by atoms with Crippen LogP contribution in [0.4, 0.5) is 5.69 Å². The summed E-state index contributed by atoms with van der Waals surface area (Å²) in [6.45, 7) is 5.31. The van der Waals surface area contributed by atoms with Crippen LogP contribution < -0.4 is 11.1 Å². The molecule has 0 aliphatic rings. The van der Waals surface area contributed by atoms with Crippen molar-refractivity contribution in [3.05, 3.63) is 11.9 Å². The van der Waals surface area contributed by atoms with E-state index in [-0.39, 0.29) is 11.9 Å². The van der Waals surface area contributed by atoms with E-state index in [1.165, 1.54) is 6.20 Å². The van der Waals surface area contributed by atoms with Gasteiger partial charge in [0.2, 0.25) is 0 Å². The molecule has 6 nitrogen and oxygen atoms in total. The quantitative estimate of drug-likeness (QED) is 0.776. The van der Waals surface area contributed by atoms with Crippen LogP contribution in [0.5, 0.6) is 0 Å². The summed E-state index contributed by atoms with van der Waals surface area (Å²) >= 11 is 0. The van der Waals surface area contributed by atoms with E-state index in [1.807, 2.05) is 32.8 Å². The molecule has 0 saturated heterocycles. The first kappa shape index (κ1) is 13.5. The van der Waals surface area contributed by atoms with Gasteiger partial charge in [0.25, 0.3) is 5.91 Å². The molecule has 96 valence electrons. The highest BCUT2D eigenvalue weighted by Crippen LogP contribution is 2.15. The fourth-order valence-electron chi connectivity index (χ4n) is 1.48. The highest BCUT2D eigenvalue weighted by atomic mass is 16.2. The lowest BCUT2D eigenvalue weighted by Crippen LogP contribution is -2.33. The van der Waals surface area contributed by atoms with Gasteiger partial charge < -0.3 is 16.0 Å².